The standard InChI is InChI=1S/C25H25F5N2O4S/c1-35-24-15-19(6-13-23(24)33)32-14-2-3-17(16-32)25(34)31-18-4-7-20(8-5-18)36-21-9-11-22(12-10-21)37(26,27,28,29)30/h4-13,15,17,33H,2-3,14,16H2,1H3,(H,31,34). The van der Waals surface area contributed by atoms with Crippen LogP contribution in [0.25, 0.3) is 0 Å². The first kappa shape index (κ1) is 26.4. The minimum Gasteiger partial charge on any atom is -0.504 e. The molecule has 0 spiro atoms. The average Bonchev–Trinajstić information content (AvgIpc) is 2.84. The van der Waals surface area contributed by atoms with Gasteiger partial charge in [-0.15, -0.1) is 0 Å². The van der Waals surface area contributed by atoms with Gasteiger partial charge in [-0.2, -0.15) is 0 Å². The fourth-order valence-electron chi connectivity index (χ4n) is 4.04. The number of benzene rings is 3. The minimum atomic E-state index is -9.74. The monoisotopic (exact) mass is 544 g/mol. The van der Waals surface area contributed by atoms with Crippen LogP contribution in [-0.4, -0.2) is 31.2 Å². The molecule has 1 amide bonds. The van der Waals surface area contributed by atoms with Gasteiger partial charge in [-0.25, -0.2) is 0 Å². The van der Waals surface area contributed by atoms with Crippen molar-refractivity contribution in [2.45, 2.75) is 17.7 Å². The Morgan fingerprint density at radius 2 is 1.59 bits per heavy atom. The van der Waals surface area contributed by atoms with Gasteiger partial charge in [0.05, 0.1) is 13.0 Å². The Kier molecular flexibility index (Phi) is 6.43. The number of hydrogen-bond donors (Lipinski definition) is 2. The predicted molar refractivity (Wildman–Crippen MR) is 133 cm³/mol. The van der Waals surface area contributed by atoms with Crippen LogP contribution in [0.3, 0.4) is 0 Å². The number of piperidine rings is 1. The van der Waals surface area contributed by atoms with Crippen molar-refractivity contribution in [3.8, 4) is 23.0 Å². The summed E-state index contributed by atoms with van der Waals surface area (Å²) in [6.07, 6.45) is 1.50. The summed E-state index contributed by atoms with van der Waals surface area (Å²) in [6, 6.07) is 13.4. The maximum atomic E-state index is 12.9. The molecule has 1 unspecified atom stereocenters. The summed E-state index contributed by atoms with van der Waals surface area (Å²) >= 11 is 0. The summed E-state index contributed by atoms with van der Waals surface area (Å²) in [7, 11) is -8.27. The van der Waals surface area contributed by atoms with E-state index in [1.54, 1.807) is 30.3 Å². The topological polar surface area (TPSA) is 71.0 Å². The Balaban J connectivity index is 1.36. The van der Waals surface area contributed by atoms with Crippen molar-refractivity contribution in [2.24, 2.45) is 5.92 Å². The van der Waals surface area contributed by atoms with Crippen LogP contribution in [0.5, 0.6) is 23.0 Å². The van der Waals surface area contributed by atoms with Crippen LogP contribution >= 0.6 is 10.2 Å². The lowest BCUT2D eigenvalue weighted by Crippen LogP contribution is -2.40. The van der Waals surface area contributed by atoms with Crippen LogP contribution in [0.1, 0.15) is 12.8 Å². The second-order valence-corrected chi connectivity index (χ2v) is 11.1. The summed E-state index contributed by atoms with van der Waals surface area (Å²) in [5, 5.41) is 12.7. The highest BCUT2D eigenvalue weighted by atomic mass is 32.5. The van der Waals surface area contributed by atoms with Crippen molar-refractivity contribution in [3.05, 3.63) is 66.7 Å². The Morgan fingerprint density at radius 1 is 0.973 bits per heavy atom. The number of aromatic hydroxyl groups is 1. The number of carbonyl (C=O) groups is 1. The molecule has 6 nitrogen and oxygen atoms in total. The highest BCUT2D eigenvalue weighted by molar-refractivity contribution is 8.45. The quantitative estimate of drug-likeness (QED) is 0.298. The van der Waals surface area contributed by atoms with Gasteiger partial charge in [0, 0.05) is 30.5 Å². The molecule has 4 rings (SSSR count). The normalized spacial score (nSPS) is 17.9. The third kappa shape index (κ3) is 6.56. The van der Waals surface area contributed by atoms with Gasteiger partial charge in [0.2, 0.25) is 5.91 Å². The van der Waals surface area contributed by atoms with Crippen molar-refractivity contribution in [3.63, 3.8) is 0 Å². The maximum absolute atomic E-state index is 12.9. The van der Waals surface area contributed by atoms with Crippen molar-refractivity contribution in [2.75, 3.05) is 30.4 Å². The van der Waals surface area contributed by atoms with Gasteiger partial charge in [0.15, 0.2) is 11.5 Å². The average molecular weight is 545 g/mol. The Hall–Kier alpha value is -3.67. The number of hydrogen-bond acceptors (Lipinski definition) is 5. The smallest absolute Gasteiger partial charge is 0.310 e. The van der Waals surface area contributed by atoms with Crippen LogP contribution in [0.2, 0.25) is 0 Å². The van der Waals surface area contributed by atoms with Crippen LogP contribution in [0.15, 0.2) is 71.6 Å². The molecule has 12 heteroatoms. The summed E-state index contributed by atoms with van der Waals surface area (Å²) in [5.74, 6) is 0.139. The molecular weight excluding hydrogens is 519 g/mol. The largest absolute Gasteiger partial charge is 0.504 e. The van der Waals surface area contributed by atoms with Crippen molar-refractivity contribution in [1.82, 2.24) is 0 Å². The Morgan fingerprint density at radius 3 is 2.19 bits per heavy atom. The van der Waals surface area contributed by atoms with Crippen LogP contribution < -0.4 is 19.7 Å². The molecule has 0 bridgehead atoms. The molecule has 3 aromatic rings. The molecule has 200 valence electrons. The highest BCUT2D eigenvalue weighted by Crippen LogP contribution is 3.02. The van der Waals surface area contributed by atoms with Gasteiger partial charge in [0.25, 0.3) is 0 Å². The van der Waals surface area contributed by atoms with Crippen LogP contribution in [0, 0.1) is 5.92 Å². The number of phenols is 1. The van der Waals surface area contributed by atoms with Crippen LogP contribution in [-0.2, 0) is 4.79 Å². The van der Waals surface area contributed by atoms with Gasteiger partial charge in [-0.05, 0) is 73.5 Å². The second-order valence-electron chi connectivity index (χ2n) is 8.70. The lowest BCUT2D eigenvalue weighted by molar-refractivity contribution is -0.120. The molecule has 1 saturated heterocycles. The summed E-state index contributed by atoms with van der Waals surface area (Å²) in [5.41, 5.74) is 1.33. The lowest BCUT2D eigenvalue weighted by atomic mass is 9.96. The Bertz CT molecular complexity index is 1290. The minimum absolute atomic E-state index is 0.0333. The molecular formula is C25H25F5N2O4S. The lowest BCUT2D eigenvalue weighted by Gasteiger charge is -2.40. The van der Waals surface area contributed by atoms with E-state index in [4.69, 9.17) is 9.47 Å². The summed E-state index contributed by atoms with van der Waals surface area (Å²) < 4.78 is 74.8. The maximum Gasteiger partial charge on any atom is 0.310 e. The molecule has 1 aliphatic heterocycles. The van der Waals surface area contributed by atoms with E-state index in [9.17, 15) is 29.3 Å². The van der Waals surface area contributed by atoms with E-state index in [0.29, 0.717) is 24.4 Å². The molecule has 0 saturated carbocycles. The van der Waals surface area contributed by atoms with E-state index < -0.39 is 15.1 Å². The third-order valence-corrected chi connectivity index (χ3v) is 7.11. The number of amides is 1. The fourth-order valence-corrected chi connectivity index (χ4v) is 4.69. The van der Waals surface area contributed by atoms with Crippen LogP contribution in [0.4, 0.5) is 30.8 Å². The zero-order chi connectivity index (χ0) is 26.9. The Labute approximate surface area is 210 Å². The molecule has 0 aromatic heterocycles. The number of anilines is 2. The number of phenolic OH excluding ortho intramolecular Hbond substituents is 1. The SMILES string of the molecule is COc1cc(N2CCCC(C(=O)Nc3ccc(Oc4ccc(S(F)(F)(F)(F)F)cc4)cc3)C2)ccc1O. The van der Waals surface area contributed by atoms with E-state index in [0.717, 1.165) is 30.8 Å². The number of carbonyl (C=O) groups excluding carboxylic acids is 1. The van der Waals surface area contributed by atoms with Crippen molar-refractivity contribution < 1.29 is 38.8 Å². The number of methoxy groups -OCH3 is 1. The molecule has 1 atom stereocenters. The third-order valence-electron chi connectivity index (χ3n) is 5.95. The first-order valence-electron chi connectivity index (χ1n) is 11.3. The molecule has 37 heavy (non-hydrogen) atoms. The molecule has 0 radical (unpaired) electrons. The van der Waals surface area contributed by atoms with Gasteiger partial charge < -0.3 is 24.8 Å². The molecule has 1 aliphatic rings. The number of ether oxygens (including phenoxy) is 2. The van der Waals surface area contributed by atoms with E-state index in [-0.39, 0.29) is 41.2 Å². The molecule has 1 heterocycles. The van der Waals surface area contributed by atoms with E-state index in [1.807, 2.05) is 4.90 Å². The van der Waals surface area contributed by atoms with E-state index in [2.05, 4.69) is 5.32 Å². The van der Waals surface area contributed by atoms with Crippen molar-refractivity contribution >= 4 is 27.5 Å². The van der Waals surface area contributed by atoms with Gasteiger partial charge in [0.1, 0.15) is 16.4 Å². The molecule has 1 fully saturated rings. The molecule has 0 aliphatic carbocycles. The van der Waals surface area contributed by atoms with Crippen molar-refractivity contribution in [1.29, 1.82) is 0 Å². The molecule has 2 N–H and O–H groups in total. The van der Waals surface area contributed by atoms with E-state index >= 15 is 0 Å². The number of nitrogens with one attached hydrogen (secondary N) is 1. The van der Waals surface area contributed by atoms with Gasteiger partial charge >= 0.3 is 10.2 Å². The second kappa shape index (κ2) is 9.02. The fraction of sp³-hybridized carbons (Fsp3) is 0.240. The van der Waals surface area contributed by atoms with Gasteiger partial charge in [-0.1, -0.05) is 19.4 Å². The zero-order valence-electron chi connectivity index (χ0n) is 19.7. The zero-order valence-corrected chi connectivity index (χ0v) is 20.5. The number of halogens is 5. The summed E-state index contributed by atoms with van der Waals surface area (Å²) in [4.78, 5) is 12.9. The molecule has 3 aromatic carbocycles. The summed E-state index contributed by atoms with van der Waals surface area (Å²) in [6.45, 7) is 1.24. The highest BCUT2D eigenvalue weighted by Gasteiger charge is 2.65. The first-order chi connectivity index (χ1) is 17.2. The van der Waals surface area contributed by atoms with Gasteiger partial charge in [-0.3, -0.25) is 4.79 Å². The number of rotatable bonds is 7. The first-order valence-corrected chi connectivity index (χ1v) is 13.2. The number of nitrogens with zero attached hydrogens (tertiary/aromatic N) is 1. The predicted octanol–water partition coefficient (Wildman–Crippen LogP) is 7.71. The van der Waals surface area contributed by atoms with E-state index in [1.165, 1.54) is 19.2 Å².